The molecule has 2 aromatic carbocycles. The van der Waals surface area contributed by atoms with Gasteiger partial charge in [-0.05, 0) is 80.5 Å². The molecule has 0 unspecified atom stereocenters. The van der Waals surface area contributed by atoms with Crippen molar-refractivity contribution in [1.82, 2.24) is 9.80 Å². The molecule has 34 heavy (non-hydrogen) atoms. The third-order valence-corrected chi connectivity index (χ3v) is 8.69. The average Bonchev–Trinajstić information content (AvgIpc) is 3.42. The van der Waals surface area contributed by atoms with Gasteiger partial charge >= 0.3 is 0 Å². The number of piperidine rings is 1. The van der Waals surface area contributed by atoms with Crippen LogP contribution in [0.25, 0.3) is 0 Å². The van der Waals surface area contributed by atoms with Crippen molar-refractivity contribution in [3.05, 3.63) is 65.7 Å². The van der Waals surface area contributed by atoms with Crippen LogP contribution in [0.2, 0.25) is 0 Å². The molecule has 2 bridgehead atoms. The number of amides is 1. The minimum Gasteiger partial charge on any atom is -0.508 e. The Bertz CT molecular complexity index is 941. The molecule has 1 aliphatic carbocycles. The predicted octanol–water partition coefficient (Wildman–Crippen LogP) is 6.10. The van der Waals surface area contributed by atoms with Crippen LogP contribution < -0.4 is 0 Å². The Hall–Kier alpha value is -2.33. The largest absolute Gasteiger partial charge is 0.508 e. The minimum absolute atomic E-state index is 0.203. The number of hydrogen-bond acceptors (Lipinski definition) is 3. The average molecular weight is 461 g/mol. The fourth-order valence-electron chi connectivity index (χ4n) is 6.88. The standard InChI is InChI=1S/C30H40N2O2/c1-22(31(21-24-10-3-2-4-11-24)30(34)16-23-8-5-6-9-23)20-32-27-14-15-28(32)18-26(17-27)25-12-7-13-29(33)19-25/h2-4,7,10-13,19,22-23,26-28,33H,5-6,8-9,14-18,20-21H2,1H3/t22-,26-,27+,28-/m1/s1. The predicted molar refractivity (Wildman–Crippen MR) is 137 cm³/mol. The van der Waals surface area contributed by atoms with Crippen LogP contribution in [0.4, 0.5) is 0 Å². The lowest BCUT2D eigenvalue weighted by Crippen LogP contribution is -2.50. The number of aromatic hydroxyl groups is 1. The highest BCUT2D eigenvalue weighted by atomic mass is 16.3. The van der Waals surface area contributed by atoms with E-state index in [0.717, 1.165) is 19.4 Å². The van der Waals surface area contributed by atoms with Crippen molar-refractivity contribution in [2.45, 2.75) is 95.3 Å². The summed E-state index contributed by atoms with van der Waals surface area (Å²) in [6, 6.07) is 19.7. The van der Waals surface area contributed by atoms with Crippen molar-refractivity contribution in [1.29, 1.82) is 0 Å². The molecule has 2 aliphatic heterocycles. The summed E-state index contributed by atoms with van der Waals surface area (Å²) < 4.78 is 0. The molecular weight excluding hydrogens is 420 g/mol. The first-order valence-electron chi connectivity index (χ1n) is 13.4. The number of phenolic OH excluding ortho intramolecular Hbond substituents is 1. The number of carbonyl (C=O) groups is 1. The second-order valence-electron chi connectivity index (χ2n) is 11.1. The van der Waals surface area contributed by atoms with Crippen molar-refractivity contribution in [3.63, 3.8) is 0 Å². The molecule has 2 heterocycles. The molecule has 1 saturated carbocycles. The zero-order valence-electron chi connectivity index (χ0n) is 20.6. The number of hydrogen-bond donors (Lipinski definition) is 1. The third-order valence-electron chi connectivity index (χ3n) is 8.69. The number of phenols is 1. The van der Waals surface area contributed by atoms with Crippen LogP contribution in [0, 0.1) is 5.92 Å². The Morgan fingerprint density at radius 1 is 1.00 bits per heavy atom. The molecule has 4 nitrogen and oxygen atoms in total. The van der Waals surface area contributed by atoms with Crippen molar-refractivity contribution in [2.24, 2.45) is 5.92 Å². The van der Waals surface area contributed by atoms with E-state index in [0.29, 0.717) is 48.5 Å². The first-order chi connectivity index (χ1) is 16.6. The van der Waals surface area contributed by atoms with E-state index in [1.807, 2.05) is 18.2 Å². The molecule has 0 aromatic heterocycles. The SMILES string of the molecule is C[C@H](CN1[C@@H]2CC[C@H]1C[C@@H](c1cccc(O)c1)C2)N(Cc1ccccc1)C(=O)CC1CCCC1. The molecule has 182 valence electrons. The number of benzene rings is 2. The first kappa shape index (κ1) is 23.4. The van der Waals surface area contributed by atoms with Gasteiger partial charge in [0.05, 0.1) is 0 Å². The van der Waals surface area contributed by atoms with Crippen LogP contribution in [0.5, 0.6) is 5.75 Å². The lowest BCUT2D eigenvalue weighted by atomic mass is 9.85. The maximum Gasteiger partial charge on any atom is 0.223 e. The molecule has 0 radical (unpaired) electrons. The van der Waals surface area contributed by atoms with Crippen LogP contribution in [-0.2, 0) is 11.3 Å². The van der Waals surface area contributed by atoms with E-state index in [4.69, 9.17) is 0 Å². The van der Waals surface area contributed by atoms with E-state index < -0.39 is 0 Å². The Morgan fingerprint density at radius 2 is 1.71 bits per heavy atom. The van der Waals surface area contributed by atoms with E-state index in [1.165, 1.54) is 49.7 Å². The van der Waals surface area contributed by atoms with Gasteiger partial charge in [-0.15, -0.1) is 0 Å². The van der Waals surface area contributed by atoms with Crippen LogP contribution in [0.3, 0.4) is 0 Å². The second-order valence-corrected chi connectivity index (χ2v) is 11.1. The summed E-state index contributed by atoms with van der Waals surface area (Å²) in [5.41, 5.74) is 2.50. The summed E-state index contributed by atoms with van der Waals surface area (Å²) in [6.45, 7) is 3.93. The number of carbonyl (C=O) groups excluding carboxylic acids is 1. The third kappa shape index (κ3) is 5.33. The molecular formula is C30H40N2O2. The molecule has 2 saturated heterocycles. The molecule has 3 aliphatic rings. The van der Waals surface area contributed by atoms with E-state index in [1.54, 1.807) is 6.07 Å². The summed E-state index contributed by atoms with van der Waals surface area (Å²) >= 11 is 0. The van der Waals surface area contributed by atoms with E-state index in [-0.39, 0.29) is 6.04 Å². The molecule has 0 spiro atoms. The van der Waals surface area contributed by atoms with Gasteiger partial charge in [0.25, 0.3) is 0 Å². The molecule has 1 amide bonds. The number of rotatable bonds is 8. The van der Waals surface area contributed by atoms with Crippen molar-refractivity contribution in [3.8, 4) is 5.75 Å². The van der Waals surface area contributed by atoms with Crippen LogP contribution >= 0.6 is 0 Å². The highest BCUT2D eigenvalue weighted by Crippen LogP contribution is 2.43. The van der Waals surface area contributed by atoms with Crippen molar-refractivity contribution < 1.29 is 9.90 Å². The zero-order valence-corrected chi connectivity index (χ0v) is 20.6. The molecule has 5 rings (SSSR count). The molecule has 3 fully saturated rings. The topological polar surface area (TPSA) is 43.8 Å². The van der Waals surface area contributed by atoms with Crippen LogP contribution in [0.15, 0.2) is 54.6 Å². The van der Waals surface area contributed by atoms with Crippen molar-refractivity contribution in [2.75, 3.05) is 6.54 Å². The number of fused-ring (bicyclic) bond motifs is 2. The van der Waals surface area contributed by atoms with Gasteiger partial charge in [0.1, 0.15) is 5.75 Å². The van der Waals surface area contributed by atoms with Gasteiger partial charge < -0.3 is 10.0 Å². The Labute approximate surface area is 205 Å². The number of nitrogens with zero attached hydrogens (tertiary/aromatic N) is 2. The Morgan fingerprint density at radius 3 is 2.38 bits per heavy atom. The van der Waals surface area contributed by atoms with Gasteiger partial charge in [-0.25, -0.2) is 0 Å². The second kappa shape index (κ2) is 10.5. The van der Waals surface area contributed by atoms with Crippen LogP contribution in [0.1, 0.15) is 81.8 Å². The fraction of sp³-hybridized carbons (Fsp3) is 0.567. The summed E-state index contributed by atoms with van der Waals surface area (Å²) in [6.07, 6.45) is 10.5. The molecule has 4 heteroatoms. The van der Waals surface area contributed by atoms with E-state index in [2.05, 4.69) is 47.1 Å². The smallest absolute Gasteiger partial charge is 0.223 e. The van der Waals surface area contributed by atoms with E-state index in [9.17, 15) is 9.90 Å². The van der Waals surface area contributed by atoms with Crippen LogP contribution in [-0.4, -0.2) is 45.5 Å². The lowest BCUT2D eigenvalue weighted by molar-refractivity contribution is -0.135. The fourth-order valence-corrected chi connectivity index (χ4v) is 6.88. The normalized spacial score (nSPS) is 26.0. The maximum absolute atomic E-state index is 13.5. The first-order valence-corrected chi connectivity index (χ1v) is 13.4. The van der Waals surface area contributed by atoms with Gasteiger partial charge in [-0.2, -0.15) is 0 Å². The Kier molecular flexibility index (Phi) is 7.24. The Balaban J connectivity index is 1.27. The van der Waals surface area contributed by atoms with Gasteiger partial charge in [-0.3, -0.25) is 9.69 Å². The quantitative estimate of drug-likeness (QED) is 0.518. The van der Waals surface area contributed by atoms with Gasteiger partial charge in [0.15, 0.2) is 0 Å². The minimum atomic E-state index is 0.203. The van der Waals surface area contributed by atoms with E-state index >= 15 is 0 Å². The monoisotopic (exact) mass is 460 g/mol. The zero-order chi connectivity index (χ0) is 23.5. The molecule has 2 aromatic rings. The maximum atomic E-state index is 13.5. The highest BCUT2D eigenvalue weighted by Gasteiger charge is 2.42. The lowest BCUT2D eigenvalue weighted by Gasteiger charge is -2.42. The molecule has 4 atom stereocenters. The summed E-state index contributed by atoms with van der Waals surface area (Å²) in [5.74, 6) is 1.82. The van der Waals surface area contributed by atoms with Crippen molar-refractivity contribution >= 4 is 5.91 Å². The summed E-state index contributed by atoms with van der Waals surface area (Å²) in [5, 5.41) is 9.95. The summed E-state index contributed by atoms with van der Waals surface area (Å²) in [7, 11) is 0. The summed E-state index contributed by atoms with van der Waals surface area (Å²) in [4.78, 5) is 18.4. The van der Waals surface area contributed by atoms with Gasteiger partial charge in [-0.1, -0.05) is 55.3 Å². The van der Waals surface area contributed by atoms with Gasteiger partial charge in [0, 0.05) is 37.6 Å². The molecule has 1 N–H and O–H groups in total. The highest BCUT2D eigenvalue weighted by molar-refractivity contribution is 5.76. The van der Waals surface area contributed by atoms with Gasteiger partial charge in [0.2, 0.25) is 5.91 Å².